The highest BCUT2D eigenvalue weighted by atomic mass is 32.2. The van der Waals surface area contributed by atoms with E-state index < -0.39 is 10.0 Å². The van der Waals surface area contributed by atoms with Crippen LogP contribution in [-0.2, 0) is 15.8 Å². The number of hydrogen-bond acceptors (Lipinski definition) is 5. The number of thioether (sulfide) groups is 1. The Balaban J connectivity index is 1.64. The quantitative estimate of drug-likeness (QED) is 0.503. The van der Waals surface area contributed by atoms with Crippen molar-refractivity contribution in [1.82, 2.24) is 5.32 Å². The van der Waals surface area contributed by atoms with Crippen molar-refractivity contribution >= 4 is 33.4 Å². The maximum Gasteiger partial charge on any atom is 0.264 e. The molecule has 1 aromatic heterocycles. The van der Waals surface area contributed by atoms with Crippen LogP contribution in [0.4, 0.5) is 5.69 Å². The smallest absolute Gasteiger partial charge is 0.264 e. The van der Waals surface area contributed by atoms with E-state index in [1.165, 1.54) is 11.4 Å². The van der Waals surface area contributed by atoms with Gasteiger partial charge in [-0.1, -0.05) is 24.3 Å². The van der Waals surface area contributed by atoms with E-state index >= 15 is 0 Å². The molecule has 158 valence electrons. The van der Waals surface area contributed by atoms with Gasteiger partial charge >= 0.3 is 0 Å². The Bertz CT molecular complexity index is 1080. The average Bonchev–Trinajstić information content (AvgIpc) is 3.27. The summed E-state index contributed by atoms with van der Waals surface area (Å²) in [6.45, 7) is 2.32. The van der Waals surface area contributed by atoms with Crippen LogP contribution in [-0.4, -0.2) is 33.7 Å². The molecule has 0 aliphatic heterocycles. The predicted molar refractivity (Wildman–Crippen MR) is 120 cm³/mol. The van der Waals surface area contributed by atoms with E-state index in [-0.39, 0.29) is 10.8 Å². The number of hydrogen-bond donors (Lipinski definition) is 1. The number of furan rings is 1. The van der Waals surface area contributed by atoms with Gasteiger partial charge in [-0.3, -0.25) is 9.10 Å². The molecule has 3 aromatic rings. The van der Waals surface area contributed by atoms with Gasteiger partial charge in [-0.2, -0.15) is 11.8 Å². The third-order valence-electron chi connectivity index (χ3n) is 4.57. The molecule has 1 heterocycles. The summed E-state index contributed by atoms with van der Waals surface area (Å²) in [5, 5.41) is 2.88. The third-order valence-corrected chi connectivity index (χ3v) is 7.34. The normalized spacial score (nSPS) is 11.3. The van der Waals surface area contributed by atoms with Crippen molar-refractivity contribution < 1.29 is 17.6 Å². The second-order valence-electron chi connectivity index (χ2n) is 6.67. The number of amides is 1. The average molecular weight is 445 g/mol. The molecule has 3 rings (SSSR count). The van der Waals surface area contributed by atoms with Gasteiger partial charge in [0.2, 0.25) is 0 Å². The summed E-state index contributed by atoms with van der Waals surface area (Å²) in [5.41, 5.74) is 1.66. The fraction of sp³-hybridized carbons (Fsp3) is 0.227. The van der Waals surface area contributed by atoms with Crippen LogP contribution in [0.5, 0.6) is 0 Å². The van der Waals surface area contributed by atoms with Crippen molar-refractivity contribution in [2.45, 2.75) is 17.6 Å². The standard InChI is InChI=1S/C22H24N2O4S2/c1-17-10-11-18(22(25)23-12-14-29-16-19-7-6-13-28-19)15-21(17)24(2)30(26,27)20-8-4-3-5-9-20/h3-11,13,15H,12,14,16H2,1-2H3,(H,23,25). The first-order chi connectivity index (χ1) is 14.4. The van der Waals surface area contributed by atoms with E-state index in [1.54, 1.807) is 66.6 Å². The summed E-state index contributed by atoms with van der Waals surface area (Å²) < 4.78 is 32.3. The molecule has 0 bridgehead atoms. The number of rotatable bonds is 9. The molecule has 2 aromatic carbocycles. The molecular weight excluding hydrogens is 420 g/mol. The highest BCUT2D eigenvalue weighted by Gasteiger charge is 2.23. The number of benzene rings is 2. The van der Waals surface area contributed by atoms with Crippen LogP contribution in [0.2, 0.25) is 0 Å². The zero-order valence-electron chi connectivity index (χ0n) is 16.9. The number of nitrogens with one attached hydrogen (secondary N) is 1. The van der Waals surface area contributed by atoms with Gasteiger partial charge in [-0.25, -0.2) is 8.42 Å². The van der Waals surface area contributed by atoms with E-state index in [0.29, 0.717) is 17.8 Å². The second kappa shape index (κ2) is 9.86. The number of sulfonamides is 1. The lowest BCUT2D eigenvalue weighted by atomic mass is 10.1. The van der Waals surface area contributed by atoms with Crippen LogP contribution < -0.4 is 9.62 Å². The summed E-state index contributed by atoms with van der Waals surface area (Å²) in [6.07, 6.45) is 1.64. The van der Waals surface area contributed by atoms with Crippen LogP contribution >= 0.6 is 11.8 Å². The van der Waals surface area contributed by atoms with Crippen molar-refractivity contribution in [2.24, 2.45) is 0 Å². The molecule has 0 atom stereocenters. The van der Waals surface area contributed by atoms with E-state index in [0.717, 1.165) is 22.8 Å². The maximum atomic E-state index is 12.9. The highest BCUT2D eigenvalue weighted by molar-refractivity contribution is 7.98. The Hall–Kier alpha value is -2.71. The van der Waals surface area contributed by atoms with Crippen molar-refractivity contribution in [2.75, 3.05) is 23.7 Å². The van der Waals surface area contributed by atoms with Gasteiger partial charge in [0.15, 0.2) is 0 Å². The Morgan fingerprint density at radius 1 is 1.10 bits per heavy atom. The van der Waals surface area contributed by atoms with Crippen molar-refractivity contribution in [1.29, 1.82) is 0 Å². The van der Waals surface area contributed by atoms with Crippen LogP contribution in [0, 0.1) is 6.92 Å². The monoisotopic (exact) mass is 444 g/mol. The zero-order valence-corrected chi connectivity index (χ0v) is 18.5. The Morgan fingerprint density at radius 3 is 2.57 bits per heavy atom. The van der Waals surface area contributed by atoms with Gasteiger partial charge in [0.1, 0.15) is 5.76 Å². The van der Waals surface area contributed by atoms with Crippen LogP contribution in [0.25, 0.3) is 0 Å². The topological polar surface area (TPSA) is 79.6 Å². The largest absolute Gasteiger partial charge is 0.468 e. The molecule has 0 unspecified atom stereocenters. The van der Waals surface area contributed by atoms with Gasteiger partial charge in [0.25, 0.3) is 15.9 Å². The first-order valence-electron chi connectivity index (χ1n) is 9.42. The number of nitrogens with zero attached hydrogens (tertiary/aromatic N) is 1. The van der Waals surface area contributed by atoms with Gasteiger partial charge in [0.05, 0.1) is 22.6 Å². The Labute approximate surface area is 181 Å². The van der Waals surface area contributed by atoms with Crippen LogP contribution in [0.15, 0.2) is 76.2 Å². The second-order valence-corrected chi connectivity index (χ2v) is 9.75. The highest BCUT2D eigenvalue weighted by Crippen LogP contribution is 2.26. The van der Waals surface area contributed by atoms with Crippen LogP contribution in [0.1, 0.15) is 21.7 Å². The molecule has 0 fully saturated rings. The molecule has 0 aliphatic rings. The van der Waals surface area contributed by atoms with Crippen molar-refractivity contribution in [3.63, 3.8) is 0 Å². The Morgan fingerprint density at radius 2 is 1.87 bits per heavy atom. The molecule has 1 N–H and O–H groups in total. The number of carbonyl (C=O) groups excluding carboxylic acids is 1. The molecule has 0 aliphatic carbocycles. The minimum atomic E-state index is -3.71. The van der Waals surface area contributed by atoms with E-state index in [1.807, 2.05) is 19.1 Å². The van der Waals surface area contributed by atoms with E-state index in [2.05, 4.69) is 5.32 Å². The molecule has 0 saturated heterocycles. The van der Waals surface area contributed by atoms with Gasteiger partial charge in [-0.05, 0) is 48.9 Å². The molecule has 0 radical (unpaired) electrons. The minimum Gasteiger partial charge on any atom is -0.468 e. The Kier molecular flexibility index (Phi) is 7.23. The fourth-order valence-corrected chi connectivity index (χ4v) is 4.91. The first-order valence-corrected chi connectivity index (χ1v) is 12.0. The third kappa shape index (κ3) is 5.25. The van der Waals surface area contributed by atoms with Gasteiger partial charge in [0, 0.05) is 24.9 Å². The van der Waals surface area contributed by atoms with Crippen molar-refractivity contribution in [3.05, 3.63) is 83.8 Å². The minimum absolute atomic E-state index is 0.204. The molecule has 0 saturated carbocycles. The molecular formula is C22H24N2O4S2. The first kappa shape index (κ1) is 22.0. The number of anilines is 1. The molecule has 0 spiro atoms. The summed E-state index contributed by atoms with van der Waals surface area (Å²) in [7, 11) is -2.22. The lowest BCUT2D eigenvalue weighted by Gasteiger charge is -2.22. The summed E-state index contributed by atoms with van der Waals surface area (Å²) in [5.74, 6) is 2.16. The zero-order chi connectivity index (χ0) is 21.6. The van der Waals surface area contributed by atoms with E-state index in [9.17, 15) is 13.2 Å². The molecule has 30 heavy (non-hydrogen) atoms. The number of carbonyl (C=O) groups is 1. The predicted octanol–water partition coefficient (Wildman–Crippen LogP) is 4.08. The molecule has 6 nitrogen and oxygen atoms in total. The number of aryl methyl sites for hydroxylation is 1. The molecule has 1 amide bonds. The van der Waals surface area contributed by atoms with Gasteiger partial charge in [-0.15, -0.1) is 0 Å². The molecule has 8 heteroatoms. The lowest BCUT2D eigenvalue weighted by molar-refractivity contribution is 0.0956. The summed E-state index contributed by atoms with van der Waals surface area (Å²) >= 11 is 1.66. The summed E-state index contributed by atoms with van der Waals surface area (Å²) in [4.78, 5) is 12.7. The maximum absolute atomic E-state index is 12.9. The van der Waals surface area contributed by atoms with Gasteiger partial charge < -0.3 is 9.73 Å². The van der Waals surface area contributed by atoms with E-state index in [4.69, 9.17) is 4.42 Å². The SMILES string of the molecule is Cc1ccc(C(=O)NCCSCc2ccco2)cc1N(C)S(=O)(=O)c1ccccc1. The fourth-order valence-electron chi connectivity index (χ4n) is 2.88. The summed E-state index contributed by atoms with van der Waals surface area (Å²) in [6, 6.07) is 17.1. The lowest BCUT2D eigenvalue weighted by Crippen LogP contribution is -2.29. The van der Waals surface area contributed by atoms with Crippen LogP contribution in [0.3, 0.4) is 0 Å². The van der Waals surface area contributed by atoms with Crippen molar-refractivity contribution in [3.8, 4) is 0 Å².